The van der Waals surface area contributed by atoms with Crippen LogP contribution in [-0.4, -0.2) is 19.6 Å². The van der Waals surface area contributed by atoms with Gasteiger partial charge in [-0.05, 0) is 56.0 Å². The summed E-state index contributed by atoms with van der Waals surface area (Å²) in [6, 6.07) is 6.83. The number of anilines is 1. The van der Waals surface area contributed by atoms with Crippen molar-refractivity contribution in [2.24, 2.45) is 5.73 Å². The minimum atomic E-state index is 0.672. The van der Waals surface area contributed by atoms with E-state index in [9.17, 15) is 0 Å². The Balaban J connectivity index is 2.23. The van der Waals surface area contributed by atoms with E-state index >= 15 is 0 Å². The number of rotatable bonds is 4. The molecular weight excluding hydrogens is 220 g/mol. The molecule has 16 heavy (non-hydrogen) atoms. The van der Waals surface area contributed by atoms with Gasteiger partial charge in [0.15, 0.2) is 0 Å². The molecule has 88 valence electrons. The molecule has 1 aromatic rings. The van der Waals surface area contributed by atoms with Crippen molar-refractivity contribution in [1.82, 2.24) is 0 Å². The van der Waals surface area contributed by atoms with Gasteiger partial charge in [0, 0.05) is 23.8 Å². The average Bonchev–Trinajstić information content (AvgIpc) is 2.15. The molecule has 0 atom stereocenters. The molecule has 1 saturated carbocycles. The van der Waals surface area contributed by atoms with Crippen LogP contribution in [0.15, 0.2) is 18.2 Å². The number of halogens is 1. The zero-order valence-electron chi connectivity index (χ0n) is 9.75. The lowest BCUT2D eigenvalue weighted by Crippen LogP contribution is -2.37. The third-order valence-electron chi connectivity index (χ3n) is 3.46. The van der Waals surface area contributed by atoms with E-state index in [0.717, 1.165) is 11.4 Å². The molecule has 1 fully saturated rings. The number of hydrogen-bond acceptors (Lipinski definition) is 2. The zero-order valence-corrected chi connectivity index (χ0v) is 10.5. The Bertz CT molecular complexity index is 361. The van der Waals surface area contributed by atoms with Gasteiger partial charge in [-0.3, -0.25) is 0 Å². The Labute approximate surface area is 102 Å². The van der Waals surface area contributed by atoms with Crippen molar-refractivity contribution >= 4 is 17.3 Å². The molecule has 3 heteroatoms. The topological polar surface area (TPSA) is 29.3 Å². The van der Waals surface area contributed by atoms with Gasteiger partial charge >= 0.3 is 0 Å². The van der Waals surface area contributed by atoms with Crippen LogP contribution in [0.5, 0.6) is 0 Å². The summed E-state index contributed by atoms with van der Waals surface area (Å²) in [4.78, 5) is 2.38. The molecule has 0 aromatic heterocycles. The van der Waals surface area contributed by atoms with Gasteiger partial charge in [0.25, 0.3) is 0 Å². The fourth-order valence-electron chi connectivity index (χ4n) is 2.22. The highest BCUT2D eigenvalue weighted by molar-refractivity contribution is 6.30. The smallest absolute Gasteiger partial charge is 0.0410 e. The normalized spacial score (nSPS) is 15.9. The van der Waals surface area contributed by atoms with Crippen LogP contribution in [0.2, 0.25) is 5.02 Å². The van der Waals surface area contributed by atoms with Crippen LogP contribution < -0.4 is 10.6 Å². The Hall–Kier alpha value is -0.730. The molecule has 2 N–H and O–H groups in total. The molecule has 0 radical (unpaired) electrons. The summed E-state index contributed by atoms with van der Waals surface area (Å²) in [6.07, 6.45) is 4.87. The van der Waals surface area contributed by atoms with Crippen LogP contribution in [0.3, 0.4) is 0 Å². The van der Waals surface area contributed by atoms with Crippen molar-refractivity contribution in [1.29, 1.82) is 0 Å². The number of nitrogens with zero attached hydrogens (tertiary/aromatic N) is 1. The minimum absolute atomic E-state index is 0.672. The number of nitrogens with two attached hydrogens (primary N) is 1. The van der Waals surface area contributed by atoms with Gasteiger partial charge in [0.2, 0.25) is 0 Å². The summed E-state index contributed by atoms with van der Waals surface area (Å²) in [5.41, 5.74) is 8.20. The second-order valence-electron chi connectivity index (χ2n) is 4.51. The monoisotopic (exact) mass is 238 g/mol. The van der Waals surface area contributed by atoms with E-state index in [1.54, 1.807) is 0 Å². The SMILES string of the molecule is CN(c1ccc(Cl)cc1CCN)C1CCC1. The van der Waals surface area contributed by atoms with Crippen molar-refractivity contribution < 1.29 is 0 Å². The summed E-state index contributed by atoms with van der Waals surface area (Å²) in [5.74, 6) is 0. The van der Waals surface area contributed by atoms with E-state index < -0.39 is 0 Å². The first-order valence-electron chi connectivity index (χ1n) is 5.93. The van der Waals surface area contributed by atoms with Crippen LogP contribution in [-0.2, 0) is 6.42 Å². The Morgan fingerprint density at radius 2 is 2.19 bits per heavy atom. The van der Waals surface area contributed by atoms with Crippen molar-refractivity contribution in [3.63, 3.8) is 0 Å². The zero-order chi connectivity index (χ0) is 11.5. The van der Waals surface area contributed by atoms with E-state index in [-0.39, 0.29) is 0 Å². The molecule has 2 nitrogen and oxygen atoms in total. The Kier molecular flexibility index (Phi) is 3.72. The molecule has 1 aliphatic carbocycles. The van der Waals surface area contributed by atoms with Crippen LogP contribution in [0.4, 0.5) is 5.69 Å². The third-order valence-corrected chi connectivity index (χ3v) is 3.69. The molecule has 0 saturated heterocycles. The first-order chi connectivity index (χ1) is 7.72. The highest BCUT2D eigenvalue weighted by atomic mass is 35.5. The summed E-state index contributed by atoms with van der Waals surface area (Å²) in [7, 11) is 2.17. The lowest BCUT2D eigenvalue weighted by Gasteiger charge is -2.37. The first-order valence-corrected chi connectivity index (χ1v) is 6.31. The standard InChI is InChI=1S/C13H19ClN2/c1-16(12-3-2-4-12)13-6-5-11(14)9-10(13)7-8-15/h5-6,9,12H,2-4,7-8,15H2,1H3. The second kappa shape index (κ2) is 5.07. The average molecular weight is 239 g/mol. The molecular formula is C13H19ClN2. The molecule has 0 aliphatic heterocycles. The quantitative estimate of drug-likeness (QED) is 0.874. The van der Waals surface area contributed by atoms with Crippen LogP contribution in [0.25, 0.3) is 0 Å². The summed E-state index contributed by atoms with van der Waals surface area (Å²) in [5, 5.41) is 0.800. The van der Waals surface area contributed by atoms with Crippen LogP contribution in [0.1, 0.15) is 24.8 Å². The maximum absolute atomic E-state index is 6.03. The van der Waals surface area contributed by atoms with Gasteiger partial charge in [0.05, 0.1) is 0 Å². The second-order valence-corrected chi connectivity index (χ2v) is 4.94. The Morgan fingerprint density at radius 1 is 1.44 bits per heavy atom. The fraction of sp³-hybridized carbons (Fsp3) is 0.538. The predicted octanol–water partition coefficient (Wildman–Crippen LogP) is 2.83. The lowest BCUT2D eigenvalue weighted by atomic mass is 9.91. The molecule has 0 unspecified atom stereocenters. The van der Waals surface area contributed by atoms with E-state index in [1.807, 2.05) is 12.1 Å². The first kappa shape index (κ1) is 11.7. The minimum Gasteiger partial charge on any atom is -0.371 e. The number of hydrogen-bond donors (Lipinski definition) is 1. The highest BCUT2D eigenvalue weighted by Gasteiger charge is 2.23. The van der Waals surface area contributed by atoms with Gasteiger partial charge in [-0.1, -0.05) is 11.6 Å². The summed E-state index contributed by atoms with van der Waals surface area (Å²) in [6.45, 7) is 0.672. The largest absolute Gasteiger partial charge is 0.371 e. The predicted molar refractivity (Wildman–Crippen MR) is 70.3 cm³/mol. The maximum atomic E-state index is 6.03. The van der Waals surface area contributed by atoms with Gasteiger partial charge in [-0.25, -0.2) is 0 Å². The van der Waals surface area contributed by atoms with Gasteiger partial charge in [-0.15, -0.1) is 0 Å². The van der Waals surface area contributed by atoms with Crippen LogP contribution in [0, 0.1) is 0 Å². The van der Waals surface area contributed by atoms with Crippen molar-refractivity contribution in [2.75, 3.05) is 18.5 Å². The molecule has 1 aliphatic rings. The molecule has 2 rings (SSSR count). The maximum Gasteiger partial charge on any atom is 0.0410 e. The van der Waals surface area contributed by atoms with Crippen molar-refractivity contribution in [3.8, 4) is 0 Å². The van der Waals surface area contributed by atoms with Gasteiger partial charge < -0.3 is 10.6 Å². The molecule has 0 amide bonds. The molecule has 0 bridgehead atoms. The van der Waals surface area contributed by atoms with Gasteiger partial charge in [-0.2, -0.15) is 0 Å². The fourth-order valence-corrected chi connectivity index (χ4v) is 2.42. The molecule has 1 aromatic carbocycles. The Morgan fingerprint density at radius 3 is 2.75 bits per heavy atom. The van der Waals surface area contributed by atoms with Crippen molar-refractivity contribution in [2.45, 2.75) is 31.7 Å². The van der Waals surface area contributed by atoms with E-state index in [4.69, 9.17) is 17.3 Å². The molecule has 0 heterocycles. The van der Waals surface area contributed by atoms with E-state index in [0.29, 0.717) is 12.6 Å². The van der Waals surface area contributed by atoms with Crippen molar-refractivity contribution in [3.05, 3.63) is 28.8 Å². The molecule has 0 spiro atoms. The van der Waals surface area contributed by atoms with E-state index in [1.165, 1.54) is 30.5 Å². The summed E-state index contributed by atoms with van der Waals surface area (Å²) >= 11 is 6.03. The lowest BCUT2D eigenvalue weighted by molar-refractivity contribution is 0.400. The summed E-state index contributed by atoms with van der Waals surface area (Å²) < 4.78 is 0. The van der Waals surface area contributed by atoms with Gasteiger partial charge in [0.1, 0.15) is 0 Å². The number of benzene rings is 1. The van der Waals surface area contributed by atoms with Crippen LogP contribution >= 0.6 is 11.6 Å². The van der Waals surface area contributed by atoms with E-state index in [2.05, 4.69) is 18.0 Å². The highest BCUT2D eigenvalue weighted by Crippen LogP contribution is 2.31. The third kappa shape index (κ3) is 2.33.